The van der Waals surface area contributed by atoms with Gasteiger partial charge in [0.15, 0.2) is 5.82 Å². The minimum absolute atomic E-state index is 0.0768. The molecule has 1 aromatic heterocycles. The van der Waals surface area contributed by atoms with Gasteiger partial charge in [-0.25, -0.2) is 4.99 Å². The molecular weight excluding hydrogens is 355 g/mol. The predicted octanol–water partition coefficient (Wildman–Crippen LogP) is 3.79. The lowest BCUT2D eigenvalue weighted by atomic mass is 9.72. The number of aromatic amines is 1. The molecule has 2 aliphatic rings. The highest BCUT2D eigenvalue weighted by Crippen LogP contribution is 2.46. The molecule has 2 aliphatic heterocycles. The fourth-order valence-corrected chi connectivity index (χ4v) is 4.13. The van der Waals surface area contributed by atoms with Crippen LogP contribution in [0.15, 0.2) is 35.5 Å². The van der Waals surface area contributed by atoms with Gasteiger partial charge in [-0.15, -0.1) is 0 Å². The molecule has 2 N–H and O–H groups in total. The Morgan fingerprint density at radius 1 is 1.11 bits per heavy atom. The molecule has 5 nitrogen and oxygen atoms in total. The fourth-order valence-electron chi connectivity index (χ4n) is 4.13. The summed E-state index contributed by atoms with van der Waals surface area (Å²) in [6.45, 7) is 1.61. The quantitative estimate of drug-likeness (QED) is 0.841. The maximum Gasteiger partial charge on any atom is 0.416 e. The number of alkyl halides is 3. The molecule has 1 fully saturated rings. The van der Waals surface area contributed by atoms with Crippen LogP contribution in [0.25, 0.3) is 0 Å². The van der Waals surface area contributed by atoms with E-state index in [2.05, 4.69) is 26.6 Å². The number of halogens is 3. The van der Waals surface area contributed by atoms with Gasteiger partial charge in [-0.3, -0.25) is 5.10 Å². The average Bonchev–Trinajstić information content (AvgIpc) is 3.14. The maximum atomic E-state index is 13.6. The lowest BCUT2D eigenvalue weighted by Crippen LogP contribution is -2.37. The van der Waals surface area contributed by atoms with Crippen LogP contribution in [-0.2, 0) is 6.18 Å². The molecule has 4 rings (SSSR count). The number of piperidine rings is 1. The van der Waals surface area contributed by atoms with Crippen molar-refractivity contribution in [3.63, 3.8) is 0 Å². The number of nitrogens with zero attached hydrogens (tertiary/aromatic N) is 3. The van der Waals surface area contributed by atoms with E-state index in [1.165, 1.54) is 18.3 Å². The summed E-state index contributed by atoms with van der Waals surface area (Å²) in [6, 6.07) is 7.72. The van der Waals surface area contributed by atoms with E-state index in [9.17, 15) is 18.4 Å². The smallest absolute Gasteiger partial charge is 0.317 e. The van der Waals surface area contributed by atoms with Crippen LogP contribution in [0.4, 0.5) is 19.0 Å². The summed E-state index contributed by atoms with van der Waals surface area (Å²) in [6.07, 6.45) is -1.38. The zero-order valence-corrected chi connectivity index (χ0v) is 14.4. The Hall–Kier alpha value is -2.66. The van der Waals surface area contributed by atoms with Crippen LogP contribution in [0.5, 0.6) is 0 Å². The number of fused-ring (bicyclic) bond motifs is 1. The summed E-state index contributed by atoms with van der Waals surface area (Å²) < 4.78 is 40.9. The van der Waals surface area contributed by atoms with E-state index >= 15 is 0 Å². The van der Waals surface area contributed by atoms with E-state index in [-0.39, 0.29) is 11.5 Å². The van der Waals surface area contributed by atoms with Gasteiger partial charge in [-0.05, 0) is 37.6 Å². The maximum absolute atomic E-state index is 13.6. The molecular formula is C19H18F3N5. The largest absolute Gasteiger partial charge is 0.416 e. The minimum Gasteiger partial charge on any atom is -0.317 e. The Kier molecular flexibility index (Phi) is 4.48. The molecule has 0 aliphatic carbocycles. The van der Waals surface area contributed by atoms with Crippen LogP contribution < -0.4 is 5.32 Å². The Morgan fingerprint density at radius 3 is 2.56 bits per heavy atom. The first-order valence-electron chi connectivity index (χ1n) is 8.89. The summed E-state index contributed by atoms with van der Waals surface area (Å²) in [5, 5.41) is 20.0. The second-order valence-corrected chi connectivity index (χ2v) is 6.90. The Morgan fingerprint density at radius 2 is 1.85 bits per heavy atom. The van der Waals surface area contributed by atoms with Crippen molar-refractivity contribution in [2.24, 2.45) is 16.8 Å². The number of rotatable bonds is 2. The van der Waals surface area contributed by atoms with Gasteiger partial charge in [0.1, 0.15) is 0 Å². The van der Waals surface area contributed by atoms with Crippen LogP contribution in [-0.4, -0.2) is 29.0 Å². The zero-order chi connectivity index (χ0) is 19.0. The van der Waals surface area contributed by atoms with Gasteiger partial charge in [-0.1, -0.05) is 18.2 Å². The monoisotopic (exact) mass is 373 g/mol. The average molecular weight is 373 g/mol. The highest BCUT2D eigenvalue weighted by Gasteiger charge is 2.43. The third kappa shape index (κ3) is 3.12. The standard InChI is InChI=1S/C19H18F3N5/c20-19(21,22)15-4-2-1-3-12(15)16-13(9-23)17(11-5-7-24-8-6-11)26-18-14(16)10-25-27-18/h1-4,10-11,13,16,24H,5-8H2,(H,25,27). The highest BCUT2D eigenvalue weighted by atomic mass is 19.4. The Labute approximate surface area is 154 Å². The fraction of sp³-hybridized carbons (Fsp3) is 0.421. The zero-order valence-electron chi connectivity index (χ0n) is 14.4. The SMILES string of the molecule is N#CC1C(C2CCNCC2)=Nc2[nH]ncc2C1c1ccccc1C(F)(F)F. The molecule has 140 valence electrons. The number of nitrogens with one attached hydrogen (secondary N) is 2. The van der Waals surface area contributed by atoms with Crippen LogP contribution in [0, 0.1) is 23.2 Å². The van der Waals surface area contributed by atoms with Crippen molar-refractivity contribution < 1.29 is 13.2 Å². The molecule has 0 spiro atoms. The summed E-state index contributed by atoms with van der Waals surface area (Å²) in [5.41, 5.74) is 0.586. The number of H-pyrrole nitrogens is 1. The van der Waals surface area contributed by atoms with Crippen LogP contribution in [0.2, 0.25) is 0 Å². The molecule has 8 heteroatoms. The van der Waals surface area contributed by atoms with Crippen molar-refractivity contribution in [1.29, 1.82) is 5.26 Å². The number of hydrogen-bond donors (Lipinski definition) is 2. The molecule has 2 atom stereocenters. The van der Waals surface area contributed by atoms with Crippen molar-refractivity contribution >= 4 is 11.5 Å². The van der Waals surface area contributed by atoms with E-state index in [0.29, 0.717) is 17.1 Å². The molecule has 0 saturated carbocycles. The number of aromatic nitrogens is 2. The first-order valence-corrected chi connectivity index (χ1v) is 8.89. The summed E-state index contributed by atoms with van der Waals surface area (Å²) in [7, 11) is 0. The van der Waals surface area contributed by atoms with Crippen molar-refractivity contribution in [2.75, 3.05) is 13.1 Å². The van der Waals surface area contributed by atoms with E-state index in [0.717, 1.165) is 32.0 Å². The van der Waals surface area contributed by atoms with E-state index in [1.807, 2.05) is 0 Å². The van der Waals surface area contributed by atoms with E-state index in [4.69, 9.17) is 0 Å². The Balaban J connectivity index is 1.86. The van der Waals surface area contributed by atoms with Crippen LogP contribution in [0.3, 0.4) is 0 Å². The number of nitriles is 1. The topological polar surface area (TPSA) is 76.9 Å². The highest BCUT2D eigenvalue weighted by molar-refractivity contribution is 5.96. The molecule has 1 aromatic carbocycles. The molecule has 3 heterocycles. The summed E-state index contributed by atoms with van der Waals surface area (Å²) >= 11 is 0. The normalized spacial score (nSPS) is 23.4. The van der Waals surface area contributed by atoms with Crippen molar-refractivity contribution in [3.8, 4) is 6.07 Å². The molecule has 2 unspecified atom stereocenters. The van der Waals surface area contributed by atoms with E-state index in [1.54, 1.807) is 6.07 Å². The van der Waals surface area contributed by atoms with Gasteiger partial charge in [0.05, 0.1) is 23.7 Å². The van der Waals surface area contributed by atoms with Gasteiger partial charge in [0.2, 0.25) is 0 Å². The second kappa shape index (κ2) is 6.82. The number of benzene rings is 1. The van der Waals surface area contributed by atoms with Gasteiger partial charge < -0.3 is 5.32 Å². The van der Waals surface area contributed by atoms with Gasteiger partial charge in [-0.2, -0.15) is 23.5 Å². The third-order valence-electron chi connectivity index (χ3n) is 5.37. The summed E-state index contributed by atoms with van der Waals surface area (Å²) in [4.78, 5) is 4.62. The van der Waals surface area contributed by atoms with E-state index < -0.39 is 23.6 Å². The summed E-state index contributed by atoms with van der Waals surface area (Å²) in [5.74, 6) is -0.962. The molecule has 2 aromatic rings. The van der Waals surface area contributed by atoms with Gasteiger partial charge >= 0.3 is 6.18 Å². The lowest BCUT2D eigenvalue weighted by molar-refractivity contribution is -0.138. The van der Waals surface area contributed by atoms with Gasteiger partial charge in [0.25, 0.3) is 0 Å². The lowest BCUT2D eigenvalue weighted by Gasteiger charge is -2.34. The first-order chi connectivity index (χ1) is 13.0. The first kappa shape index (κ1) is 17.7. The molecule has 0 radical (unpaired) electrons. The number of hydrogen-bond acceptors (Lipinski definition) is 4. The second-order valence-electron chi connectivity index (χ2n) is 6.90. The van der Waals surface area contributed by atoms with Crippen molar-refractivity contribution in [1.82, 2.24) is 15.5 Å². The van der Waals surface area contributed by atoms with Crippen LogP contribution in [0.1, 0.15) is 35.4 Å². The van der Waals surface area contributed by atoms with Crippen LogP contribution >= 0.6 is 0 Å². The molecule has 1 saturated heterocycles. The molecule has 0 bridgehead atoms. The van der Waals surface area contributed by atoms with Crippen molar-refractivity contribution in [2.45, 2.75) is 24.9 Å². The number of aliphatic imine (C=N–C) groups is 1. The van der Waals surface area contributed by atoms with Crippen molar-refractivity contribution in [3.05, 3.63) is 47.2 Å². The molecule has 27 heavy (non-hydrogen) atoms. The minimum atomic E-state index is -4.50. The van der Waals surface area contributed by atoms with Gasteiger partial charge in [0, 0.05) is 23.1 Å². The Bertz CT molecular complexity index is 903. The predicted molar refractivity (Wildman–Crippen MR) is 93.7 cm³/mol. The molecule has 0 amide bonds. The third-order valence-corrected chi connectivity index (χ3v) is 5.37.